The Kier molecular flexibility index (Phi) is 7.61. The highest BCUT2D eigenvalue weighted by Crippen LogP contribution is 2.53. The molecule has 316 valence electrons. The second-order valence-corrected chi connectivity index (χ2v) is 21.9. The number of anilines is 6. The van der Waals surface area contributed by atoms with Crippen molar-refractivity contribution in [3.63, 3.8) is 0 Å². The molecule has 2 aromatic heterocycles. The van der Waals surface area contributed by atoms with E-state index in [1.165, 1.54) is 111 Å². The summed E-state index contributed by atoms with van der Waals surface area (Å²) in [5, 5.41) is 5.18. The van der Waals surface area contributed by atoms with Crippen LogP contribution in [0.15, 0.2) is 158 Å². The molecule has 0 saturated carbocycles. The Bertz CT molecular complexity index is 3610. The number of aromatic nitrogens is 2. The van der Waals surface area contributed by atoms with Gasteiger partial charge in [0.1, 0.15) is 0 Å². The van der Waals surface area contributed by atoms with Gasteiger partial charge < -0.3 is 18.9 Å². The Balaban J connectivity index is 1.13. The summed E-state index contributed by atoms with van der Waals surface area (Å²) in [6.45, 7) is 21.0. The summed E-state index contributed by atoms with van der Waals surface area (Å²) in [4.78, 5) is 5.19. The SMILES string of the molecule is CC(C)(C)c1cc2c3c(c1)N1c4c(cccc4-n4c5ccccc5c5cccc1c54)B3c1ccc(-n3c4ccc(C(C)(C)C)cc4c4cc(C(C)(C)C)ccc43)cc1N2c1ccccc1. The molecule has 13 rings (SSSR count). The van der Waals surface area contributed by atoms with Crippen LogP contribution in [-0.2, 0) is 16.2 Å². The molecular formula is C60H53BN4. The zero-order chi connectivity index (χ0) is 44.5. The molecule has 4 nitrogen and oxygen atoms in total. The Labute approximate surface area is 382 Å². The minimum atomic E-state index is -0.108. The first-order valence-corrected chi connectivity index (χ1v) is 23.4. The number of hydrogen-bond acceptors (Lipinski definition) is 2. The average Bonchev–Trinajstić information content (AvgIpc) is 3.80. The Morgan fingerprint density at radius 2 is 0.938 bits per heavy atom. The predicted molar refractivity (Wildman–Crippen MR) is 279 cm³/mol. The van der Waals surface area contributed by atoms with E-state index in [9.17, 15) is 0 Å². The van der Waals surface area contributed by atoms with Gasteiger partial charge in [-0.05, 0) is 128 Å². The number of rotatable bonds is 2. The van der Waals surface area contributed by atoms with Crippen LogP contribution in [0.3, 0.4) is 0 Å². The normalized spacial score (nSPS) is 14.1. The third kappa shape index (κ3) is 5.27. The summed E-state index contributed by atoms with van der Waals surface area (Å²) in [6.07, 6.45) is 0. The zero-order valence-corrected chi connectivity index (χ0v) is 38.9. The molecule has 0 atom stereocenters. The van der Waals surface area contributed by atoms with Crippen molar-refractivity contribution in [2.24, 2.45) is 0 Å². The highest BCUT2D eigenvalue weighted by Gasteiger charge is 2.46. The summed E-state index contributed by atoms with van der Waals surface area (Å²) < 4.78 is 5.06. The van der Waals surface area contributed by atoms with Crippen molar-refractivity contribution < 1.29 is 0 Å². The molecule has 3 aliphatic heterocycles. The standard InChI is InChI=1S/C60H53BN4/c1-58(2,3)36-25-29-48-43(31-36)44-32-37(59(4,5)6)26-30-49(44)63(48)40-27-28-45-52(35-40)62(39-17-11-10-12-18-39)53-33-38(60(7,8)9)34-54-55(53)61(45)46-21-16-24-51-57(46)65(54)50-23-15-20-42-41-19-13-14-22-47(41)64(51)56(42)50/h10-35H,1-9H3. The van der Waals surface area contributed by atoms with Crippen molar-refractivity contribution >= 4 is 101 Å². The van der Waals surface area contributed by atoms with Gasteiger partial charge in [0.25, 0.3) is 6.71 Å². The maximum Gasteiger partial charge on any atom is 0.252 e. The molecule has 0 radical (unpaired) electrons. The molecule has 10 aromatic rings. The first-order valence-electron chi connectivity index (χ1n) is 23.4. The van der Waals surface area contributed by atoms with Gasteiger partial charge in [0, 0.05) is 50.0 Å². The van der Waals surface area contributed by atoms with Gasteiger partial charge in [0.2, 0.25) is 0 Å². The van der Waals surface area contributed by atoms with Gasteiger partial charge in [-0.2, -0.15) is 0 Å². The van der Waals surface area contributed by atoms with Crippen LogP contribution in [-0.4, -0.2) is 15.8 Å². The highest BCUT2D eigenvalue weighted by atomic mass is 15.2. The van der Waals surface area contributed by atoms with E-state index in [0.717, 1.165) is 11.4 Å². The second-order valence-electron chi connectivity index (χ2n) is 21.9. The lowest BCUT2D eigenvalue weighted by atomic mass is 9.33. The number of nitrogens with zero attached hydrogens (tertiary/aromatic N) is 4. The lowest BCUT2D eigenvalue weighted by Crippen LogP contribution is -2.62. The van der Waals surface area contributed by atoms with Gasteiger partial charge in [-0.3, -0.25) is 0 Å². The number of fused-ring (bicyclic) bond motifs is 12. The number of benzene rings is 8. The fourth-order valence-electron chi connectivity index (χ4n) is 11.5. The maximum absolute atomic E-state index is 2.62. The number of para-hydroxylation sites is 4. The topological polar surface area (TPSA) is 16.3 Å². The third-order valence-corrected chi connectivity index (χ3v) is 14.8. The van der Waals surface area contributed by atoms with Crippen LogP contribution in [0.25, 0.3) is 55.0 Å². The van der Waals surface area contributed by atoms with Crippen molar-refractivity contribution in [1.82, 2.24) is 9.13 Å². The Morgan fingerprint density at radius 3 is 1.62 bits per heavy atom. The summed E-state index contributed by atoms with van der Waals surface area (Å²) in [5.74, 6) is 0. The quantitative estimate of drug-likeness (QED) is 0.161. The summed E-state index contributed by atoms with van der Waals surface area (Å²) in [7, 11) is 0. The van der Waals surface area contributed by atoms with E-state index in [0.29, 0.717) is 0 Å². The van der Waals surface area contributed by atoms with Crippen LogP contribution >= 0.6 is 0 Å². The minimum absolute atomic E-state index is 0.00801. The van der Waals surface area contributed by atoms with Crippen molar-refractivity contribution in [1.29, 1.82) is 0 Å². The van der Waals surface area contributed by atoms with E-state index in [4.69, 9.17) is 0 Å². The van der Waals surface area contributed by atoms with Crippen molar-refractivity contribution in [2.75, 3.05) is 9.80 Å². The molecule has 3 aliphatic rings. The smallest absolute Gasteiger partial charge is 0.252 e. The van der Waals surface area contributed by atoms with E-state index in [-0.39, 0.29) is 23.0 Å². The molecule has 5 heteroatoms. The molecule has 0 saturated heterocycles. The Hall–Kier alpha value is -6.98. The molecule has 0 amide bonds. The van der Waals surface area contributed by atoms with Crippen LogP contribution in [0.2, 0.25) is 0 Å². The first-order chi connectivity index (χ1) is 31.2. The van der Waals surface area contributed by atoms with Gasteiger partial charge in [0.15, 0.2) is 0 Å². The maximum atomic E-state index is 2.62. The minimum Gasteiger partial charge on any atom is -0.311 e. The Morgan fingerprint density at radius 1 is 0.354 bits per heavy atom. The molecule has 5 heterocycles. The molecule has 0 spiro atoms. The molecule has 0 N–H and O–H groups in total. The van der Waals surface area contributed by atoms with E-state index in [1.807, 2.05) is 0 Å². The van der Waals surface area contributed by atoms with Gasteiger partial charge >= 0.3 is 0 Å². The zero-order valence-electron chi connectivity index (χ0n) is 38.9. The van der Waals surface area contributed by atoms with Gasteiger partial charge in [0.05, 0.1) is 39.1 Å². The molecule has 0 aliphatic carbocycles. The lowest BCUT2D eigenvalue weighted by Gasteiger charge is -2.46. The van der Waals surface area contributed by atoms with Gasteiger partial charge in [-0.1, -0.05) is 141 Å². The molecule has 0 unspecified atom stereocenters. The second kappa shape index (κ2) is 12.8. The van der Waals surface area contributed by atoms with Gasteiger partial charge in [-0.25, -0.2) is 0 Å². The summed E-state index contributed by atoms with van der Waals surface area (Å²) in [6, 6.07) is 60.6. The summed E-state index contributed by atoms with van der Waals surface area (Å²) in [5.41, 5.74) is 22.7. The van der Waals surface area contributed by atoms with Crippen molar-refractivity contribution in [2.45, 2.75) is 78.6 Å². The largest absolute Gasteiger partial charge is 0.311 e. The van der Waals surface area contributed by atoms with E-state index < -0.39 is 0 Å². The predicted octanol–water partition coefficient (Wildman–Crippen LogP) is 14.2. The van der Waals surface area contributed by atoms with Crippen LogP contribution < -0.4 is 26.2 Å². The highest BCUT2D eigenvalue weighted by molar-refractivity contribution is 7.00. The van der Waals surface area contributed by atoms with Gasteiger partial charge in [-0.15, -0.1) is 0 Å². The van der Waals surface area contributed by atoms with Crippen molar-refractivity contribution in [3.05, 3.63) is 174 Å². The van der Waals surface area contributed by atoms with E-state index in [1.54, 1.807) is 0 Å². The molecule has 0 bridgehead atoms. The van der Waals surface area contributed by atoms with Crippen LogP contribution in [0, 0.1) is 0 Å². The monoisotopic (exact) mass is 840 g/mol. The molecule has 65 heavy (non-hydrogen) atoms. The first kappa shape index (κ1) is 38.5. The molecular weight excluding hydrogens is 787 g/mol. The number of hydrogen-bond donors (Lipinski definition) is 0. The van der Waals surface area contributed by atoms with E-state index >= 15 is 0 Å². The van der Waals surface area contributed by atoms with Crippen LogP contribution in [0.4, 0.5) is 34.1 Å². The van der Waals surface area contributed by atoms with Crippen molar-refractivity contribution in [3.8, 4) is 11.4 Å². The molecule has 8 aromatic carbocycles. The average molecular weight is 841 g/mol. The summed E-state index contributed by atoms with van der Waals surface area (Å²) >= 11 is 0. The fraction of sp³-hybridized carbons (Fsp3) is 0.200. The third-order valence-electron chi connectivity index (χ3n) is 14.8. The van der Waals surface area contributed by atoms with Crippen LogP contribution in [0.5, 0.6) is 0 Å². The van der Waals surface area contributed by atoms with Crippen LogP contribution in [0.1, 0.15) is 79.0 Å². The fourth-order valence-corrected chi connectivity index (χ4v) is 11.5. The lowest BCUT2D eigenvalue weighted by molar-refractivity contribution is 0.590. The molecule has 0 fully saturated rings. The van der Waals surface area contributed by atoms with E-state index in [2.05, 4.69) is 239 Å².